The van der Waals surface area contributed by atoms with Crippen molar-refractivity contribution >= 4 is 22.5 Å². The van der Waals surface area contributed by atoms with E-state index in [1.54, 1.807) is 0 Å². The summed E-state index contributed by atoms with van der Waals surface area (Å²) in [6, 6.07) is 5.79. The number of morpholine rings is 1. The first kappa shape index (κ1) is 13.1. The van der Waals surface area contributed by atoms with Crippen LogP contribution in [0.15, 0.2) is 24.4 Å². The largest absolute Gasteiger partial charge is 0.366 e. The molecule has 0 saturated carbocycles. The van der Waals surface area contributed by atoms with Crippen molar-refractivity contribution in [2.75, 3.05) is 25.0 Å². The SMILES string of the molecule is CCn1ncc2ccc(NC(=O)[C@H]3CNCCO3)cc21. The van der Waals surface area contributed by atoms with E-state index < -0.39 is 6.10 Å². The molecule has 2 aromatic rings. The molecule has 0 radical (unpaired) electrons. The van der Waals surface area contributed by atoms with E-state index in [4.69, 9.17) is 4.74 Å². The average molecular weight is 274 g/mol. The van der Waals surface area contributed by atoms with Gasteiger partial charge in [0.15, 0.2) is 0 Å². The highest BCUT2D eigenvalue weighted by molar-refractivity contribution is 5.96. The molecule has 1 aliphatic heterocycles. The molecular formula is C14H18N4O2. The van der Waals surface area contributed by atoms with Gasteiger partial charge in [-0.05, 0) is 25.1 Å². The van der Waals surface area contributed by atoms with Crippen LogP contribution >= 0.6 is 0 Å². The van der Waals surface area contributed by atoms with Crippen molar-refractivity contribution in [1.82, 2.24) is 15.1 Å². The standard InChI is InChI=1S/C14H18N4O2/c1-2-18-12-7-11(4-3-10(12)8-16-18)17-14(19)13-9-15-5-6-20-13/h3-4,7-8,13,15H,2,5-6,9H2,1H3,(H,17,19)/t13-/m1/s1. The van der Waals surface area contributed by atoms with Crippen LogP contribution in [0.25, 0.3) is 10.9 Å². The molecule has 0 unspecified atom stereocenters. The molecule has 1 aliphatic rings. The number of carbonyl (C=O) groups excluding carboxylic acids is 1. The number of anilines is 1. The lowest BCUT2D eigenvalue weighted by Crippen LogP contribution is -2.45. The zero-order valence-electron chi connectivity index (χ0n) is 11.4. The van der Waals surface area contributed by atoms with E-state index in [0.717, 1.165) is 29.7 Å². The fraction of sp³-hybridized carbons (Fsp3) is 0.429. The van der Waals surface area contributed by atoms with Crippen LogP contribution in [0.3, 0.4) is 0 Å². The number of hydrogen-bond donors (Lipinski definition) is 2. The number of aromatic nitrogens is 2. The highest BCUT2D eigenvalue weighted by Gasteiger charge is 2.21. The number of nitrogens with one attached hydrogen (secondary N) is 2. The Labute approximate surface area is 117 Å². The second-order valence-electron chi connectivity index (χ2n) is 4.79. The number of hydrogen-bond acceptors (Lipinski definition) is 4. The van der Waals surface area contributed by atoms with E-state index in [2.05, 4.69) is 15.7 Å². The van der Waals surface area contributed by atoms with E-state index in [-0.39, 0.29) is 5.91 Å². The molecule has 1 atom stereocenters. The minimum atomic E-state index is -0.421. The lowest BCUT2D eigenvalue weighted by atomic mass is 10.2. The lowest BCUT2D eigenvalue weighted by molar-refractivity contribution is -0.128. The van der Waals surface area contributed by atoms with Crippen molar-refractivity contribution < 1.29 is 9.53 Å². The first-order valence-electron chi connectivity index (χ1n) is 6.86. The zero-order chi connectivity index (χ0) is 13.9. The van der Waals surface area contributed by atoms with Crippen LogP contribution in [0.5, 0.6) is 0 Å². The average Bonchev–Trinajstić information content (AvgIpc) is 2.90. The third-order valence-electron chi connectivity index (χ3n) is 3.43. The second-order valence-corrected chi connectivity index (χ2v) is 4.79. The Morgan fingerprint density at radius 2 is 2.50 bits per heavy atom. The van der Waals surface area contributed by atoms with Crippen LogP contribution in [0.2, 0.25) is 0 Å². The summed E-state index contributed by atoms with van der Waals surface area (Å²) in [6.45, 7) is 4.77. The first-order chi connectivity index (χ1) is 9.78. The summed E-state index contributed by atoms with van der Waals surface area (Å²) in [5.41, 5.74) is 1.79. The summed E-state index contributed by atoms with van der Waals surface area (Å²) >= 11 is 0. The Hall–Kier alpha value is -1.92. The highest BCUT2D eigenvalue weighted by atomic mass is 16.5. The minimum Gasteiger partial charge on any atom is -0.366 e. The quantitative estimate of drug-likeness (QED) is 0.875. The fourth-order valence-electron chi connectivity index (χ4n) is 2.36. The Kier molecular flexibility index (Phi) is 3.66. The molecule has 0 bridgehead atoms. The van der Waals surface area contributed by atoms with Gasteiger partial charge in [0, 0.05) is 30.7 Å². The molecule has 1 amide bonds. The number of ether oxygens (including phenoxy) is 1. The van der Waals surface area contributed by atoms with Gasteiger partial charge in [-0.25, -0.2) is 0 Å². The van der Waals surface area contributed by atoms with Crippen LogP contribution in [0, 0.1) is 0 Å². The third-order valence-corrected chi connectivity index (χ3v) is 3.43. The van der Waals surface area contributed by atoms with Gasteiger partial charge in [0.05, 0.1) is 18.3 Å². The Morgan fingerprint density at radius 3 is 3.25 bits per heavy atom. The molecular weight excluding hydrogens is 256 g/mol. The van der Waals surface area contributed by atoms with E-state index >= 15 is 0 Å². The maximum absolute atomic E-state index is 12.1. The highest BCUT2D eigenvalue weighted by Crippen LogP contribution is 2.19. The van der Waals surface area contributed by atoms with Gasteiger partial charge in [-0.2, -0.15) is 5.10 Å². The van der Waals surface area contributed by atoms with Gasteiger partial charge in [-0.15, -0.1) is 0 Å². The van der Waals surface area contributed by atoms with Crippen LogP contribution in [0.4, 0.5) is 5.69 Å². The molecule has 1 fully saturated rings. The van der Waals surface area contributed by atoms with Gasteiger partial charge < -0.3 is 15.4 Å². The molecule has 2 N–H and O–H groups in total. The van der Waals surface area contributed by atoms with Crippen molar-refractivity contribution in [2.24, 2.45) is 0 Å². The molecule has 1 aromatic carbocycles. The normalized spacial score (nSPS) is 19.1. The van der Waals surface area contributed by atoms with Gasteiger partial charge >= 0.3 is 0 Å². The predicted octanol–water partition coefficient (Wildman–Crippen LogP) is 0.983. The van der Waals surface area contributed by atoms with Crippen molar-refractivity contribution in [1.29, 1.82) is 0 Å². The van der Waals surface area contributed by atoms with Gasteiger partial charge in [-0.1, -0.05) is 0 Å². The third kappa shape index (κ3) is 2.52. The van der Waals surface area contributed by atoms with Crippen molar-refractivity contribution in [2.45, 2.75) is 19.6 Å². The smallest absolute Gasteiger partial charge is 0.254 e. The molecule has 2 heterocycles. The second kappa shape index (κ2) is 5.60. The Balaban J connectivity index is 1.78. The monoisotopic (exact) mass is 274 g/mol. The topological polar surface area (TPSA) is 68.2 Å². The van der Waals surface area contributed by atoms with Crippen LogP contribution in [-0.2, 0) is 16.1 Å². The molecule has 6 heteroatoms. The van der Waals surface area contributed by atoms with Gasteiger partial charge in [-0.3, -0.25) is 9.48 Å². The number of aryl methyl sites for hydroxylation is 1. The van der Waals surface area contributed by atoms with Crippen molar-refractivity contribution in [3.05, 3.63) is 24.4 Å². The number of carbonyl (C=O) groups is 1. The summed E-state index contributed by atoms with van der Waals surface area (Å²) in [4.78, 5) is 12.1. The molecule has 1 saturated heterocycles. The molecule has 1 aromatic heterocycles. The number of amides is 1. The summed E-state index contributed by atoms with van der Waals surface area (Å²) in [5.74, 6) is -0.112. The van der Waals surface area contributed by atoms with E-state index in [1.165, 1.54) is 0 Å². The van der Waals surface area contributed by atoms with E-state index in [1.807, 2.05) is 36.0 Å². The summed E-state index contributed by atoms with van der Waals surface area (Å²) < 4.78 is 7.34. The first-order valence-corrected chi connectivity index (χ1v) is 6.86. The Morgan fingerprint density at radius 1 is 1.60 bits per heavy atom. The minimum absolute atomic E-state index is 0.112. The van der Waals surface area contributed by atoms with Gasteiger partial charge in [0.25, 0.3) is 5.91 Å². The summed E-state index contributed by atoms with van der Waals surface area (Å²) in [5, 5.41) is 11.4. The number of rotatable bonds is 3. The molecule has 20 heavy (non-hydrogen) atoms. The number of benzene rings is 1. The summed E-state index contributed by atoms with van der Waals surface area (Å²) in [6.07, 6.45) is 1.41. The molecule has 106 valence electrons. The predicted molar refractivity (Wildman–Crippen MR) is 76.6 cm³/mol. The number of nitrogens with zero attached hydrogens (tertiary/aromatic N) is 2. The lowest BCUT2D eigenvalue weighted by Gasteiger charge is -2.22. The van der Waals surface area contributed by atoms with Crippen LogP contribution in [-0.4, -0.2) is 41.5 Å². The van der Waals surface area contributed by atoms with Crippen molar-refractivity contribution in [3.8, 4) is 0 Å². The molecule has 0 aliphatic carbocycles. The maximum atomic E-state index is 12.1. The van der Waals surface area contributed by atoms with Gasteiger partial charge in [0.1, 0.15) is 6.10 Å². The Bertz CT molecular complexity index is 617. The van der Waals surface area contributed by atoms with Crippen LogP contribution < -0.4 is 10.6 Å². The molecule has 6 nitrogen and oxygen atoms in total. The summed E-state index contributed by atoms with van der Waals surface area (Å²) in [7, 11) is 0. The maximum Gasteiger partial charge on any atom is 0.254 e. The van der Waals surface area contributed by atoms with E-state index in [9.17, 15) is 4.79 Å². The van der Waals surface area contributed by atoms with E-state index in [0.29, 0.717) is 13.2 Å². The van der Waals surface area contributed by atoms with Crippen LogP contribution in [0.1, 0.15) is 6.92 Å². The fourth-order valence-corrected chi connectivity index (χ4v) is 2.36. The van der Waals surface area contributed by atoms with Gasteiger partial charge in [0.2, 0.25) is 0 Å². The number of fused-ring (bicyclic) bond motifs is 1. The zero-order valence-corrected chi connectivity index (χ0v) is 11.4. The molecule has 3 rings (SSSR count). The molecule has 0 spiro atoms. The van der Waals surface area contributed by atoms with Crippen molar-refractivity contribution in [3.63, 3.8) is 0 Å².